The van der Waals surface area contributed by atoms with Crippen molar-refractivity contribution in [3.05, 3.63) is 58.9 Å². The third kappa shape index (κ3) is 3.99. The van der Waals surface area contributed by atoms with Crippen molar-refractivity contribution >= 4 is 17.3 Å². The SMILES string of the molecule is CCC1=C(c2c[nH]c(C(=O)NCC3CCCC3)c2)N(c2c(F)cccc2F)N=NC1. The topological polar surface area (TPSA) is 72.8 Å². The second-order valence-corrected chi connectivity index (χ2v) is 7.74. The molecule has 4 rings (SSSR count). The van der Waals surface area contributed by atoms with Crippen LogP contribution in [0.15, 0.2) is 46.4 Å². The van der Waals surface area contributed by atoms with Crippen LogP contribution in [0.3, 0.4) is 0 Å². The van der Waals surface area contributed by atoms with Crippen LogP contribution in [-0.4, -0.2) is 24.0 Å². The van der Waals surface area contributed by atoms with Gasteiger partial charge in [0.25, 0.3) is 5.91 Å². The maximum absolute atomic E-state index is 14.5. The fourth-order valence-corrected chi connectivity index (χ4v) is 4.11. The number of benzene rings is 1. The molecule has 1 aliphatic heterocycles. The monoisotopic (exact) mass is 413 g/mol. The highest BCUT2D eigenvalue weighted by atomic mass is 19.1. The van der Waals surface area contributed by atoms with Crippen molar-refractivity contribution in [1.29, 1.82) is 0 Å². The smallest absolute Gasteiger partial charge is 0.267 e. The molecule has 8 heteroatoms. The number of nitrogens with zero attached hydrogens (tertiary/aromatic N) is 3. The van der Waals surface area contributed by atoms with Gasteiger partial charge >= 0.3 is 0 Å². The number of aromatic amines is 1. The molecule has 0 radical (unpaired) electrons. The van der Waals surface area contributed by atoms with E-state index in [4.69, 9.17) is 0 Å². The first kappa shape index (κ1) is 20.3. The van der Waals surface area contributed by atoms with Gasteiger partial charge in [-0.05, 0) is 49.0 Å². The number of hydrogen-bond acceptors (Lipinski definition) is 4. The third-order valence-corrected chi connectivity index (χ3v) is 5.76. The summed E-state index contributed by atoms with van der Waals surface area (Å²) in [6.45, 7) is 2.96. The third-order valence-electron chi connectivity index (χ3n) is 5.76. The summed E-state index contributed by atoms with van der Waals surface area (Å²) >= 11 is 0. The lowest BCUT2D eigenvalue weighted by atomic mass is 10.0. The highest BCUT2D eigenvalue weighted by Crippen LogP contribution is 2.36. The van der Waals surface area contributed by atoms with Crippen molar-refractivity contribution in [2.75, 3.05) is 18.1 Å². The zero-order chi connectivity index (χ0) is 21.1. The van der Waals surface area contributed by atoms with Crippen LogP contribution in [0, 0.1) is 17.6 Å². The van der Waals surface area contributed by atoms with Crippen LogP contribution in [0.25, 0.3) is 5.70 Å². The fraction of sp³-hybridized carbons (Fsp3) is 0.409. The molecule has 1 aliphatic carbocycles. The summed E-state index contributed by atoms with van der Waals surface area (Å²) < 4.78 is 28.9. The van der Waals surface area contributed by atoms with Crippen LogP contribution in [0.4, 0.5) is 14.5 Å². The Morgan fingerprint density at radius 3 is 2.70 bits per heavy atom. The van der Waals surface area contributed by atoms with Crippen molar-refractivity contribution in [3.63, 3.8) is 0 Å². The van der Waals surface area contributed by atoms with Gasteiger partial charge in [0.1, 0.15) is 11.4 Å². The van der Waals surface area contributed by atoms with Crippen LogP contribution in [0.1, 0.15) is 55.1 Å². The van der Waals surface area contributed by atoms with Crippen molar-refractivity contribution < 1.29 is 13.6 Å². The summed E-state index contributed by atoms with van der Waals surface area (Å²) in [6, 6.07) is 5.37. The lowest BCUT2D eigenvalue weighted by molar-refractivity contribution is 0.0943. The van der Waals surface area contributed by atoms with E-state index in [0.717, 1.165) is 18.4 Å². The van der Waals surface area contributed by atoms with Crippen LogP contribution >= 0.6 is 0 Å². The fourth-order valence-electron chi connectivity index (χ4n) is 4.11. The van der Waals surface area contributed by atoms with Crippen LogP contribution in [-0.2, 0) is 0 Å². The number of aromatic nitrogens is 1. The zero-order valence-electron chi connectivity index (χ0n) is 16.9. The first-order valence-electron chi connectivity index (χ1n) is 10.4. The van der Waals surface area contributed by atoms with Gasteiger partial charge in [-0.1, -0.05) is 31.1 Å². The minimum atomic E-state index is -0.728. The Morgan fingerprint density at radius 1 is 1.27 bits per heavy atom. The van der Waals surface area contributed by atoms with E-state index >= 15 is 0 Å². The van der Waals surface area contributed by atoms with Gasteiger partial charge in [-0.3, -0.25) is 4.79 Å². The summed E-state index contributed by atoms with van der Waals surface area (Å²) in [6.07, 6.45) is 7.04. The Labute approximate surface area is 174 Å². The summed E-state index contributed by atoms with van der Waals surface area (Å²) in [5.74, 6) is -1.10. The van der Waals surface area contributed by atoms with E-state index in [-0.39, 0.29) is 11.6 Å². The standard InChI is InChI=1S/C22H25F2N5O/c1-2-15-13-27-28-29(21-17(23)8-5-9-18(21)24)20(15)16-10-19(25-12-16)22(30)26-11-14-6-3-4-7-14/h5,8-10,12,14,25H,2-4,6-7,11,13H2,1H3,(H,26,30). The number of H-pyrrole nitrogens is 1. The Morgan fingerprint density at radius 2 is 2.00 bits per heavy atom. The van der Waals surface area contributed by atoms with Crippen LogP contribution < -0.4 is 10.3 Å². The molecule has 0 atom stereocenters. The Hall–Kier alpha value is -3.03. The van der Waals surface area contributed by atoms with Gasteiger partial charge in [0.2, 0.25) is 0 Å². The number of para-hydroxylation sites is 1. The van der Waals surface area contributed by atoms with Gasteiger partial charge in [0.05, 0.1) is 12.2 Å². The van der Waals surface area contributed by atoms with E-state index in [9.17, 15) is 13.6 Å². The van der Waals surface area contributed by atoms with Crippen LogP contribution in [0.5, 0.6) is 0 Å². The molecule has 6 nitrogen and oxygen atoms in total. The first-order chi connectivity index (χ1) is 14.6. The lowest BCUT2D eigenvalue weighted by Gasteiger charge is -2.27. The molecule has 1 aromatic carbocycles. The molecule has 0 unspecified atom stereocenters. The van der Waals surface area contributed by atoms with Gasteiger partial charge in [-0.15, -0.1) is 0 Å². The molecule has 2 aliphatic rings. The summed E-state index contributed by atoms with van der Waals surface area (Å²) in [7, 11) is 0. The summed E-state index contributed by atoms with van der Waals surface area (Å²) in [5.41, 5.74) is 2.18. The quantitative estimate of drug-likeness (QED) is 0.681. The lowest BCUT2D eigenvalue weighted by Crippen LogP contribution is -2.28. The molecule has 2 N–H and O–H groups in total. The molecule has 2 heterocycles. The molecule has 1 amide bonds. The zero-order valence-corrected chi connectivity index (χ0v) is 16.9. The van der Waals surface area contributed by atoms with E-state index in [1.807, 2.05) is 6.92 Å². The predicted molar refractivity (Wildman–Crippen MR) is 111 cm³/mol. The van der Waals surface area contributed by atoms with Crippen molar-refractivity contribution in [2.24, 2.45) is 16.3 Å². The largest absolute Gasteiger partial charge is 0.357 e. The Bertz CT molecular complexity index is 971. The Balaban J connectivity index is 1.62. The van der Waals surface area contributed by atoms with Gasteiger partial charge in [0.15, 0.2) is 11.6 Å². The average molecular weight is 413 g/mol. The minimum Gasteiger partial charge on any atom is -0.357 e. The summed E-state index contributed by atoms with van der Waals surface area (Å²) in [4.78, 5) is 15.6. The molecular weight excluding hydrogens is 388 g/mol. The highest BCUT2D eigenvalue weighted by Gasteiger charge is 2.27. The molecule has 1 aromatic heterocycles. The molecule has 2 aromatic rings. The molecule has 1 saturated carbocycles. The number of anilines is 1. The average Bonchev–Trinajstić information content (AvgIpc) is 3.44. The van der Waals surface area contributed by atoms with E-state index in [1.165, 1.54) is 36.0 Å². The van der Waals surface area contributed by atoms with E-state index in [1.54, 1.807) is 12.3 Å². The molecule has 0 bridgehead atoms. The number of amides is 1. The number of carbonyl (C=O) groups is 1. The van der Waals surface area contributed by atoms with Gasteiger partial charge in [0, 0.05) is 18.3 Å². The van der Waals surface area contributed by atoms with Crippen molar-refractivity contribution in [1.82, 2.24) is 10.3 Å². The van der Waals surface area contributed by atoms with Gasteiger partial charge in [-0.2, -0.15) is 5.11 Å². The molecule has 1 fully saturated rings. The number of rotatable bonds is 6. The second-order valence-electron chi connectivity index (χ2n) is 7.74. The number of halogens is 2. The van der Waals surface area contributed by atoms with Crippen LogP contribution in [0.2, 0.25) is 0 Å². The van der Waals surface area contributed by atoms with Gasteiger partial charge < -0.3 is 10.3 Å². The second kappa shape index (κ2) is 8.77. The maximum Gasteiger partial charge on any atom is 0.267 e. The predicted octanol–water partition coefficient (Wildman–Crippen LogP) is 5.22. The van der Waals surface area contributed by atoms with Crippen molar-refractivity contribution in [2.45, 2.75) is 39.0 Å². The normalized spacial score (nSPS) is 17.1. The molecule has 0 saturated heterocycles. The number of nitrogens with one attached hydrogen (secondary N) is 2. The molecule has 30 heavy (non-hydrogen) atoms. The molecule has 0 spiro atoms. The van der Waals surface area contributed by atoms with Gasteiger partial charge in [-0.25, -0.2) is 13.8 Å². The van der Waals surface area contributed by atoms with Crippen molar-refractivity contribution in [3.8, 4) is 0 Å². The number of hydrogen-bond donors (Lipinski definition) is 2. The highest BCUT2D eigenvalue weighted by molar-refractivity contribution is 5.94. The minimum absolute atomic E-state index is 0.187. The number of carbonyl (C=O) groups excluding carboxylic acids is 1. The molecular formula is C22H25F2N5O. The van der Waals surface area contributed by atoms with E-state index in [2.05, 4.69) is 20.6 Å². The maximum atomic E-state index is 14.5. The Kier molecular flexibility index (Phi) is 5.92. The molecule has 158 valence electrons. The summed E-state index contributed by atoms with van der Waals surface area (Å²) in [5, 5.41) is 12.2. The van der Waals surface area contributed by atoms with E-state index in [0.29, 0.717) is 42.4 Å². The first-order valence-corrected chi connectivity index (χ1v) is 10.4. The van der Waals surface area contributed by atoms with E-state index < -0.39 is 11.6 Å².